The maximum atomic E-state index is 13.0. The Morgan fingerprint density at radius 3 is 2.38 bits per heavy atom. The summed E-state index contributed by atoms with van der Waals surface area (Å²) in [6, 6.07) is 0. The molecule has 4 saturated carbocycles. The summed E-state index contributed by atoms with van der Waals surface area (Å²) < 4.78 is 10.4. The van der Waals surface area contributed by atoms with Crippen molar-refractivity contribution in [2.24, 2.45) is 34.5 Å². The third kappa shape index (κ3) is 3.51. The van der Waals surface area contributed by atoms with E-state index >= 15 is 0 Å². The third-order valence-electron chi connectivity index (χ3n) is 9.90. The quantitative estimate of drug-likeness (QED) is 0.634. The number of rotatable bonds is 4. The van der Waals surface area contributed by atoms with Gasteiger partial charge in [0.2, 0.25) is 5.78 Å². The molecule has 7 heteroatoms. The Morgan fingerprint density at radius 1 is 1.00 bits per heavy atom. The summed E-state index contributed by atoms with van der Waals surface area (Å²) >= 11 is 0. The van der Waals surface area contributed by atoms with Crippen LogP contribution < -0.4 is 0 Å². The maximum Gasteiger partial charge on any atom is 0.303 e. The maximum absolute atomic E-state index is 13.0. The zero-order valence-corrected chi connectivity index (χ0v) is 19.8. The van der Waals surface area contributed by atoms with Crippen molar-refractivity contribution < 1.29 is 34.1 Å². The van der Waals surface area contributed by atoms with Crippen molar-refractivity contribution >= 4 is 17.7 Å². The lowest BCUT2D eigenvalue weighted by atomic mass is 9.43. The Hall–Kier alpha value is -1.47. The first kappa shape index (κ1) is 23.7. The van der Waals surface area contributed by atoms with Gasteiger partial charge in [-0.05, 0) is 80.5 Å². The van der Waals surface area contributed by atoms with E-state index < -0.39 is 35.5 Å². The van der Waals surface area contributed by atoms with Gasteiger partial charge >= 0.3 is 11.9 Å². The zero-order valence-electron chi connectivity index (χ0n) is 19.8. The van der Waals surface area contributed by atoms with Gasteiger partial charge in [-0.15, -0.1) is 0 Å². The predicted molar refractivity (Wildman–Crippen MR) is 115 cm³/mol. The molecule has 0 aromatic rings. The average molecular weight is 451 g/mol. The molecule has 4 aliphatic carbocycles. The number of carbonyl (C=O) groups excluding carboxylic acids is 3. The number of hydrogen-bond acceptors (Lipinski definition) is 7. The fourth-order valence-corrected chi connectivity index (χ4v) is 8.44. The highest BCUT2D eigenvalue weighted by Crippen LogP contribution is 2.68. The van der Waals surface area contributed by atoms with E-state index in [4.69, 9.17) is 9.47 Å². The molecule has 0 unspecified atom stereocenters. The van der Waals surface area contributed by atoms with Crippen molar-refractivity contribution in [3.63, 3.8) is 0 Å². The van der Waals surface area contributed by atoms with E-state index in [9.17, 15) is 24.6 Å². The van der Waals surface area contributed by atoms with Crippen LogP contribution in [0.5, 0.6) is 0 Å². The van der Waals surface area contributed by atoms with Crippen LogP contribution in [0.1, 0.15) is 79.1 Å². The zero-order chi connectivity index (χ0) is 23.5. The Labute approximate surface area is 190 Å². The lowest BCUT2D eigenvalue weighted by Gasteiger charge is -2.62. The van der Waals surface area contributed by atoms with E-state index in [2.05, 4.69) is 6.92 Å². The summed E-state index contributed by atoms with van der Waals surface area (Å²) in [6.45, 7) is 6.52. The van der Waals surface area contributed by atoms with Gasteiger partial charge in [0.1, 0.15) is 11.7 Å². The summed E-state index contributed by atoms with van der Waals surface area (Å²) in [6.07, 6.45) is 5.34. The Morgan fingerprint density at radius 2 is 1.72 bits per heavy atom. The smallest absolute Gasteiger partial charge is 0.303 e. The number of aliphatic hydroxyl groups is 2. The Bertz CT molecular complexity index is 795. The molecule has 0 radical (unpaired) electrons. The minimum atomic E-state index is -1.58. The molecule has 2 N–H and O–H groups in total. The van der Waals surface area contributed by atoms with Gasteiger partial charge < -0.3 is 19.7 Å². The Kier molecular flexibility index (Phi) is 5.98. The number of ether oxygens (including phenoxy) is 2. The van der Waals surface area contributed by atoms with Gasteiger partial charge in [0.15, 0.2) is 6.61 Å². The van der Waals surface area contributed by atoms with Gasteiger partial charge in [0, 0.05) is 19.3 Å². The number of Topliss-reactive ketones (excluding diaryl/α,β-unsaturated/α-hetero) is 1. The summed E-state index contributed by atoms with van der Waals surface area (Å²) in [5.74, 6) is -0.331. The first-order chi connectivity index (χ1) is 14.9. The highest BCUT2D eigenvalue weighted by atomic mass is 16.5. The van der Waals surface area contributed by atoms with Crippen LogP contribution in [0.2, 0.25) is 0 Å². The van der Waals surface area contributed by atoms with E-state index in [1.54, 1.807) is 0 Å². The van der Waals surface area contributed by atoms with E-state index in [1.807, 2.05) is 6.92 Å². The largest absolute Gasteiger partial charge is 0.463 e. The molecule has 0 aromatic carbocycles. The van der Waals surface area contributed by atoms with E-state index in [0.29, 0.717) is 18.8 Å². The topological polar surface area (TPSA) is 110 Å². The van der Waals surface area contributed by atoms with Crippen LogP contribution in [-0.2, 0) is 23.9 Å². The molecule has 0 aromatic heterocycles. The number of ketones is 1. The first-order valence-corrected chi connectivity index (χ1v) is 12.2. The SMILES string of the molecule is CC(=O)OCC(=O)[C@@]1(O)CC[C@H]2[C@@H]3CC[C@@H]4C[C@@H](OC(C)=O)CC[C@]4(C)[C@H]3[C@@H](O)C[C@@]21C. The molecule has 4 fully saturated rings. The molecule has 0 spiro atoms. The van der Waals surface area contributed by atoms with Crippen molar-refractivity contribution in [3.05, 3.63) is 0 Å². The van der Waals surface area contributed by atoms with Crippen molar-refractivity contribution in [1.82, 2.24) is 0 Å². The summed E-state index contributed by atoms with van der Waals surface area (Å²) in [5, 5.41) is 23.0. The van der Waals surface area contributed by atoms with Gasteiger partial charge in [0.25, 0.3) is 0 Å². The van der Waals surface area contributed by atoms with Crippen LogP contribution in [-0.4, -0.2) is 52.4 Å². The van der Waals surface area contributed by atoms with Gasteiger partial charge in [-0.2, -0.15) is 0 Å². The van der Waals surface area contributed by atoms with Crippen molar-refractivity contribution in [1.29, 1.82) is 0 Å². The van der Waals surface area contributed by atoms with Gasteiger partial charge in [-0.3, -0.25) is 14.4 Å². The van der Waals surface area contributed by atoms with Crippen LogP contribution in [0.4, 0.5) is 0 Å². The Balaban J connectivity index is 1.57. The fraction of sp³-hybridized carbons (Fsp3) is 0.880. The van der Waals surface area contributed by atoms with Gasteiger partial charge in [-0.25, -0.2) is 0 Å². The van der Waals surface area contributed by atoms with Crippen molar-refractivity contribution in [2.45, 2.75) is 96.9 Å². The molecular weight excluding hydrogens is 412 g/mol. The second-order valence-electron chi connectivity index (χ2n) is 11.4. The molecule has 180 valence electrons. The summed E-state index contributed by atoms with van der Waals surface area (Å²) in [4.78, 5) is 35.6. The molecule has 4 rings (SSSR count). The summed E-state index contributed by atoms with van der Waals surface area (Å²) in [5.41, 5.74) is -2.35. The lowest BCUT2D eigenvalue weighted by Crippen LogP contribution is -2.63. The third-order valence-corrected chi connectivity index (χ3v) is 9.90. The number of hydrogen-bond donors (Lipinski definition) is 2. The summed E-state index contributed by atoms with van der Waals surface area (Å²) in [7, 11) is 0. The predicted octanol–water partition coefficient (Wildman–Crippen LogP) is 2.79. The van der Waals surface area contributed by atoms with Crippen molar-refractivity contribution in [2.75, 3.05) is 6.61 Å². The van der Waals surface area contributed by atoms with Crippen LogP contribution in [0.3, 0.4) is 0 Å². The van der Waals surface area contributed by atoms with Gasteiger partial charge in [-0.1, -0.05) is 13.8 Å². The van der Waals surface area contributed by atoms with E-state index in [1.165, 1.54) is 13.8 Å². The van der Waals surface area contributed by atoms with Crippen LogP contribution in [0.25, 0.3) is 0 Å². The second-order valence-corrected chi connectivity index (χ2v) is 11.4. The minimum Gasteiger partial charge on any atom is -0.463 e. The van der Waals surface area contributed by atoms with Crippen molar-refractivity contribution in [3.8, 4) is 0 Å². The molecule has 7 nitrogen and oxygen atoms in total. The molecular formula is C25H38O7. The van der Waals surface area contributed by atoms with Crippen LogP contribution >= 0.6 is 0 Å². The molecule has 0 bridgehead atoms. The van der Waals surface area contributed by atoms with Gasteiger partial charge in [0.05, 0.1) is 6.10 Å². The standard InChI is InChI=1S/C25H38O7/c1-14(26)31-13-21(29)25(30)10-8-19-18-6-5-16-11-17(32-15(2)27)7-9-23(16,3)22(18)20(28)12-24(19,25)4/h16-20,22,28,30H,5-13H2,1-4H3/t16-,17+,18+,19+,20+,22-,23+,24+,25+/m1/s1. The van der Waals surface area contributed by atoms with Crippen LogP contribution in [0, 0.1) is 34.5 Å². The number of aliphatic hydroxyl groups excluding tert-OH is 1. The van der Waals surface area contributed by atoms with E-state index in [0.717, 1.165) is 38.5 Å². The molecule has 0 aliphatic heterocycles. The normalized spacial score (nSPS) is 47.6. The highest BCUT2D eigenvalue weighted by molar-refractivity contribution is 5.91. The number of fused-ring (bicyclic) bond motifs is 5. The van der Waals surface area contributed by atoms with E-state index in [-0.39, 0.29) is 35.2 Å². The molecule has 32 heavy (non-hydrogen) atoms. The second kappa shape index (κ2) is 8.08. The number of carbonyl (C=O) groups is 3. The minimum absolute atomic E-state index is 0.0383. The fourth-order valence-electron chi connectivity index (χ4n) is 8.44. The molecule has 0 saturated heterocycles. The monoisotopic (exact) mass is 450 g/mol. The highest BCUT2D eigenvalue weighted by Gasteiger charge is 2.68. The first-order valence-electron chi connectivity index (χ1n) is 12.2. The molecule has 4 aliphatic rings. The lowest BCUT2D eigenvalue weighted by molar-refractivity contribution is -0.205. The number of esters is 2. The molecule has 0 heterocycles. The molecule has 9 atom stereocenters. The molecule has 0 amide bonds. The van der Waals surface area contributed by atoms with Crippen LogP contribution in [0.15, 0.2) is 0 Å². The average Bonchev–Trinajstić information content (AvgIpc) is 2.97.